The molecule has 0 bridgehead atoms. The van der Waals surface area contributed by atoms with Crippen molar-refractivity contribution in [3.05, 3.63) is 0 Å². The molecule has 1 N–H and O–H groups in total. The molecule has 18 heavy (non-hydrogen) atoms. The van der Waals surface area contributed by atoms with Crippen molar-refractivity contribution in [3.8, 4) is 11.5 Å². The Labute approximate surface area is 112 Å². The molecular formula is C14H26O3Si. The molecule has 0 aromatic carbocycles. The van der Waals surface area contributed by atoms with Gasteiger partial charge in [0.2, 0.25) is 0 Å². The Morgan fingerprint density at radius 3 is 2.78 bits per heavy atom. The van der Waals surface area contributed by atoms with E-state index in [0.29, 0.717) is 13.0 Å². The van der Waals surface area contributed by atoms with Crippen LogP contribution in [0.3, 0.4) is 0 Å². The smallest absolute Gasteiger partial charge is 0.157 e. The van der Waals surface area contributed by atoms with Crippen molar-refractivity contribution in [1.29, 1.82) is 0 Å². The molecule has 1 heterocycles. The Hall–Kier alpha value is -0.343. The second kappa shape index (κ2) is 7.95. The summed E-state index contributed by atoms with van der Waals surface area (Å²) in [5, 5.41) is 9.77. The van der Waals surface area contributed by atoms with Crippen molar-refractivity contribution >= 4 is 8.07 Å². The third kappa shape index (κ3) is 7.88. The van der Waals surface area contributed by atoms with Crippen molar-refractivity contribution in [2.45, 2.75) is 64.1 Å². The van der Waals surface area contributed by atoms with Crippen LogP contribution >= 0.6 is 0 Å². The van der Waals surface area contributed by atoms with E-state index in [9.17, 15) is 5.11 Å². The van der Waals surface area contributed by atoms with Crippen LogP contribution in [0.4, 0.5) is 0 Å². The molecule has 1 fully saturated rings. The number of rotatable bonds is 5. The molecule has 0 aromatic heterocycles. The highest BCUT2D eigenvalue weighted by Crippen LogP contribution is 2.14. The average molecular weight is 270 g/mol. The van der Waals surface area contributed by atoms with Crippen molar-refractivity contribution in [3.63, 3.8) is 0 Å². The van der Waals surface area contributed by atoms with Crippen LogP contribution in [0.25, 0.3) is 0 Å². The SMILES string of the molecule is C[Si](C)(C)C#CCC[C@@H](O)COC1CCCCO1. The summed E-state index contributed by atoms with van der Waals surface area (Å²) in [6.07, 6.45) is 4.12. The Balaban J connectivity index is 2.09. The zero-order valence-corrected chi connectivity index (χ0v) is 12.9. The third-order valence-corrected chi connectivity index (χ3v) is 3.61. The Bertz CT molecular complexity index is 282. The summed E-state index contributed by atoms with van der Waals surface area (Å²) < 4.78 is 11.0. The summed E-state index contributed by atoms with van der Waals surface area (Å²) in [4.78, 5) is 0. The van der Waals surface area contributed by atoms with E-state index in [-0.39, 0.29) is 6.29 Å². The lowest BCUT2D eigenvalue weighted by Gasteiger charge is -2.23. The van der Waals surface area contributed by atoms with E-state index in [2.05, 4.69) is 31.1 Å². The van der Waals surface area contributed by atoms with E-state index in [1.54, 1.807) is 0 Å². The van der Waals surface area contributed by atoms with E-state index in [4.69, 9.17) is 9.47 Å². The second-order valence-corrected chi connectivity index (χ2v) is 10.6. The van der Waals surface area contributed by atoms with Gasteiger partial charge in [-0.05, 0) is 25.7 Å². The fourth-order valence-electron chi connectivity index (χ4n) is 1.71. The van der Waals surface area contributed by atoms with Crippen LogP contribution in [0, 0.1) is 11.5 Å². The fraction of sp³-hybridized carbons (Fsp3) is 0.857. The van der Waals surface area contributed by atoms with Gasteiger partial charge in [0.25, 0.3) is 0 Å². The minimum absolute atomic E-state index is 0.110. The first-order chi connectivity index (χ1) is 8.47. The van der Waals surface area contributed by atoms with Crippen LogP contribution in [0.15, 0.2) is 0 Å². The quantitative estimate of drug-likeness (QED) is 0.616. The van der Waals surface area contributed by atoms with Crippen LogP contribution in [0.5, 0.6) is 0 Å². The van der Waals surface area contributed by atoms with Gasteiger partial charge in [0.05, 0.1) is 12.7 Å². The van der Waals surface area contributed by atoms with Gasteiger partial charge in [0.15, 0.2) is 6.29 Å². The van der Waals surface area contributed by atoms with E-state index < -0.39 is 14.2 Å². The molecular weight excluding hydrogens is 244 g/mol. The normalized spacial score (nSPS) is 22.1. The zero-order valence-electron chi connectivity index (χ0n) is 11.9. The monoisotopic (exact) mass is 270 g/mol. The second-order valence-electron chi connectivity index (χ2n) is 5.87. The van der Waals surface area contributed by atoms with Gasteiger partial charge in [-0.2, -0.15) is 0 Å². The van der Waals surface area contributed by atoms with Crippen molar-refractivity contribution in [2.24, 2.45) is 0 Å². The van der Waals surface area contributed by atoms with Crippen molar-refractivity contribution in [2.75, 3.05) is 13.2 Å². The van der Waals surface area contributed by atoms with E-state index >= 15 is 0 Å². The highest BCUT2D eigenvalue weighted by Gasteiger charge is 2.15. The summed E-state index contributed by atoms with van der Waals surface area (Å²) in [7, 11) is -1.27. The van der Waals surface area contributed by atoms with Gasteiger partial charge in [-0.15, -0.1) is 11.5 Å². The minimum Gasteiger partial charge on any atom is -0.391 e. The molecule has 3 nitrogen and oxygen atoms in total. The van der Waals surface area contributed by atoms with Gasteiger partial charge in [-0.25, -0.2) is 0 Å². The summed E-state index contributed by atoms with van der Waals surface area (Å²) in [5.41, 5.74) is 3.29. The van der Waals surface area contributed by atoms with E-state index in [0.717, 1.165) is 32.3 Å². The molecule has 1 aliphatic heterocycles. The number of hydrogen-bond donors (Lipinski definition) is 1. The van der Waals surface area contributed by atoms with Gasteiger partial charge < -0.3 is 14.6 Å². The molecule has 2 atom stereocenters. The number of aliphatic hydroxyl groups is 1. The Morgan fingerprint density at radius 2 is 2.17 bits per heavy atom. The maximum absolute atomic E-state index is 9.77. The standard InChI is InChI=1S/C14H26O3Si/c1-18(2,3)11-7-5-8-13(15)12-17-14-9-4-6-10-16-14/h13-15H,4-6,8-10,12H2,1-3H3/t13-,14?/m1/s1. The van der Waals surface area contributed by atoms with Gasteiger partial charge in [-0.3, -0.25) is 0 Å². The molecule has 1 saturated heterocycles. The van der Waals surface area contributed by atoms with Gasteiger partial charge in [-0.1, -0.05) is 19.6 Å². The lowest BCUT2D eigenvalue weighted by Crippen LogP contribution is -2.26. The lowest BCUT2D eigenvalue weighted by molar-refractivity contribution is -0.175. The molecule has 0 spiro atoms. The predicted octanol–water partition coefficient (Wildman–Crippen LogP) is 2.55. The van der Waals surface area contributed by atoms with Gasteiger partial charge >= 0.3 is 0 Å². The highest BCUT2D eigenvalue weighted by atomic mass is 28.3. The maximum atomic E-state index is 9.77. The predicted molar refractivity (Wildman–Crippen MR) is 75.9 cm³/mol. The fourth-order valence-corrected chi connectivity index (χ4v) is 2.37. The zero-order chi connectivity index (χ0) is 13.4. The molecule has 1 aliphatic rings. The molecule has 0 aromatic rings. The summed E-state index contributed by atoms with van der Waals surface area (Å²) >= 11 is 0. The summed E-state index contributed by atoms with van der Waals surface area (Å²) in [6.45, 7) is 7.81. The van der Waals surface area contributed by atoms with Gasteiger partial charge in [0.1, 0.15) is 8.07 Å². The van der Waals surface area contributed by atoms with Crippen molar-refractivity contribution < 1.29 is 14.6 Å². The molecule has 0 amide bonds. The van der Waals surface area contributed by atoms with Crippen LogP contribution in [0.1, 0.15) is 32.1 Å². The Kier molecular flexibility index (Phi) is 6.94. The van der Waals surface area contributed by atoms with Crippen LogP contribution in [-0.2, 0) is 9.47 Å². The minimum atomic E-state index is -1.27. The summed E-state index contributed by atoms with van der Waals surface area (Å²) in [6, 6.07) is 0. The van der Waals surface area contributed by atoms with Gasteiger partial charge in [0, 0.05) is 13.0 Å². The topological polar surface area (TPSA) is 38.7 Å². The molecule has 0 saturated carbocycles. The van der Waals surface area contributed by atoms with E-state index in [1.165, 1.54) is 0 Å². The number of ether oxygens (including phenoxy) is 2. The average Bonchev–Trinajstić information content (AvgIpc) is 2.32. The van der Waals surface area contributed by atoms with E-state index in [1.807, 2.05) is 0 Å². The molecule has 104 valence electrons. The molecule has 0 aliphatic carbocycles. The molecule has 4 heteroatoms. The van der Waals surface area contributed by atoms with Crippen LogP contribution < -0.4 is 0 Å². The highest BCUT2D eigenvalue weighted by molar-refractivity contribution is 6.83. The first-order valence-corrected chi connectivity index (χ1v) is 10.4. The van der Waals surface area contributed by atoms with Crippen LogP contribution in [-0.4, -0.2) is 38.8 Å². The van der Waals surface area contributed by atoms with Crippen molar-refractivity contribution in [1.82, 2.24) is 0 Å². The summed E-state index contributed by atoms with van der Waals surface area (Å²) in [5.74, 6) is 3.16. The first-order valence-electron chi connectivity index (χ1n) is 6.89. The maximum Gasteiger partial charge on any atom is 0.157 e. The third-order valence-electron chi connectivity index (χ3n) is 2.68. The first kappa shape index (κ1) is 15.7. The Morgan fingerprint density at radius 1 is 1.39 bits per heavy atom. The molecule has 1 unspecified atom stereocenters. The number of aliphatic hydroxyl groups excluding tert-OH is 1. The molecule has 1 rings (SSSR count). The molecule has 0 radical (unpaired) electrons. The van der Waals surface area contributed by atoms with Crippen LogP contribution in [0.2, 0.25) is 19.6 Å². The lowest BCUT2D eigenvalue weighted by atomic mass is 10.2. The number of hydrogen-bond acceptors (Lipinski definition) is 3. The largest absolute Gasteiger partial charge is 0.391 e.